The van der Waals surface area contributed by atoms with Gasteiger partial charge in [0.1, 0.15) is 0 Å². The van der Waals surface area contributed by atoms with E-state index >= 15 is 0 Å². The highest BCUT2D eigenvalue weighted by atomic mass is 35.5. The zero-order valence-corrected chi connectivity index (χ0v) is 8.90. The Kier molecular flexibility index (Phi) is 2.60. The Bertz CT molecular complexity index is 411. The van der Waals surface area contributed by atoms with Crippen molar-refractivity contribution >= 4 is 17.4 Å². The first-order valence-corrected chi connectivity index (χ1v) is 4.83. The van der Waals surface area contributed by atoms with Crippen molar-refractivity contribution in [2.24, 2.45) is 5.92 Å². The molecule has 0 bridgehead atoms. The lowest BCUT2D eigenvalue weighted by Crippen LogP contribution is -2.46. The molecule has 6 heteroatoms. The van der Waals surface area contributed by atoms with Gasteiger partial charge in [0.25, 0.3) is 0 Å². The third-order valence-electron chi connectivity index (χ3n) is 2.29. The van der Waals surface area contributed by atoms with E-state index in [1.807, 2.05) is 4.90 Å². The Hall–Kier alpha value is -1.54. The second-order valence-corrected chi connectivity index (χ2v) is 3.60. The summed E-state index contributed by atoms with van der Waals surface area (Å²) < 4.78 is 5.12. The van der Waals surface area contributed by atoms with Crippen LogP contribution in [0.3, 0.4) is 0 Å². The van der Waals surface area contributed by atoms with E-state index in [4.69, 9.17) is 21.6 Å². The SMILES string of the molecule is COc1cnc(Cl)nc1N1CC(C#N)C1. The Balaban J connectivity index is 2.21. The predicted octanol–water partition coefficient (Wildman–Crippen LogP) is 1.10. The van der Waals surface area contributed by atoms with Crippen LogP contribution >= 0.6 is 11.6 Å². The van der Waals surface area contributed by atoms with Gasteiger partial charge in [-0.1, -0.05) is 0 Å². The fourth-order valence-electron chi connectivity index (χ4n) is 1.44. The fourth-order valence-corrected chi connectivity index (χ4v) is 1.57. The molecule has 2 heterocycles. The zero-order chi connectivity index (χ0) is 10.8. The topological polar surface area (TPSA) is 62.0 Å². The number of nitrogens with zero attached hydrogens (tertiary/aromatic N) is 4. The summed E-state index contributed by atoms with van der Waals surface area (Å²) in [6, 6.07) is 2.19. The second-order valence-electron chi connectivity index (χ2n) is 3.26. The summed E-state index contributed by atoms with van der Waals surface area (Å²) in [7, 11) is 1.55. The van der Waals surface area contributed by atoms with E-state index in [2.05, 4.69) is 16.0 Å². The van der Waals surface area contributed by atoms with Crippen LogP contribution in [-0.2, 0) is 0 Å². The van der Waals surface area contributed by atoms with Crippen molar-refractivity contribution in [1.29, 1.82) is 5.26 Å². The van der Waals surface area contributed by atoms with E-state index in [-0.39, 0.29) is 11.2 Å². The highest BCUT2D eigenvalue weighted by Crippen LogP contribution is 2.31. The molecule has 1 saturated heterocycles. The number of nitriles is 1. The van der Waals surface area contributed by atoms with E-state index in [9.17, 15) is 0 Å². The summed E-state index contributed by atoms with van der Waals surface area (Å²) >= 11 is 5.70. The number of hydrogen-bond donors (Lipinski definition) is 0. The minimum absolute atomic E-state index is 0.0726. The number of aromatic nitrogens is 2. The molecule has 1 aromatic rings. The Morgan fingerprint density at radius 3 is 3.00 bits per heavy atom. The number of halogens is 1. The van der Waals surface area contributed by atoms with Crippen LogP contribution in [0.2, 0.25) is 5.28 Å². The molecule has 1 aromatic heterocycles. The molecule has 1 fully saturated rings. The molecule has 2 rings (SSSR count). The molecule has 0 atom stereocenters. The van der Waals surface area contributed by atoms with Crippen molar-refractivity contribution in [3.63, 3.8) is 0 Å². The molecule has 1 aliphatic rings. The molecule has 0 unspecified atom stereocenters. The largest absolute Gasteiger partial charge is 0.491 e. The van der Waals surface area contributed by atoms with Crippen molar-refractivity contribution in [1.82, 2.24) is 9.97 Å². The fraction of sp³-hybridized carbons (Fsp3) is 0.444. The van der Waals surface area contributed by atoms with Gasteiger partial charge in [0.15, 0.2) is 11.6 Å². The molecule has 78 valence electrons. The Labute approximate surface area is 92.3 Å². The first kappa shape index (κ1) is 9.99. The standard InChI is InChI=1S/C9H9ClN4O/c1-15-7-3-12-9(10)13-8(7)14-4-6(2-11)5-14/h3,6H,4-5H2,1H3. The van der Waals surface area contributed by atoms with E-state index in [0.717, 1.165) is 0 Å². The summed E-state index contributed by atoms with van der Waals surface area (Å²) in [5.74, 6) is 1.31. The molecule has 15 heavy (non-hydrogen) atoms. The second kappa shape index (κ2) is 3.91. The number of hydrogen-bond acceptors (Lipinski definition) is 5. The van der Waals surface area contributed by atoms with Crippen LogP contribution in [0.15, 0.2) is 6.20 Å². The average Bonchev–Trinajstić information content (AvgIpc) is 2.16. The molecule has 5 nitrogen and oxygen atoms in total. The molecule has 0 saturated carbocycles. The normalized spacial score (nSPS) is 15.7. The van der Waals surface area contributed by atoms with Crippen molar-refractivity contribution in [2.75, 3.05) is 25.1 Å². The summed E-state index contributed by atoms with van der Waals surface area (Å²) in [4.78, 5) is 9.85. The van der Waals surface area contributed by atoms with Crippen LogP contribution in [0.4, 0.5) is 5.82 Å². The minimum Gasteiger partial charge on any atom is -0.491 e. The molecule has 0 spiro atoms. The van der Waals surface area contributed by atoms with Gasteiger partial charge in [-0.05, 0) is 11.6 Å². The monoisotopic (exact) mass is 224 g/mol. The van der Waals surface area contributed by atoms with E-state index in [1.165, 1.54) is 6.20 Å². The first-order valence-electron chi connectivity index (χ1n) is 4.45. The van der Waals surface area contributed by atoms with Gasteiger partial charge < -0.3 is 9.64 Å². The molecular weight excluding hydrogens is 216 g/mol. The third kappa shape index (κ3) is 1.81. The summed E-state index contributed by atoms with van der Waals surface area (Å²) in [5, 5.41) is 8.85. The van der Waals surface area contributed by atoms with Crippen LogP contribution in [0.5, 0.6) is 5.75 Å². The maximum absolute atomic E-state index is 8.67. The van der Waals surface area contributed by atoms with Crippen LogP contribution < -0.4 is 9.64 Å². The van der Waals surface area contributed by atoms with Crippen LogP contribution in [0.25, 0.3) is 0 Å². The zero-order valence-electron chi connectivity index (χ0n) is 8.14. The molecule has 0 radical (unpaired) electrons. The summed E-state index contributed by atoms with van der Waals surface area (Å²) in [5.41, 5.74) is 0. The Morgan fingerprint density at radius 2 is 2.40 bits per heavy atom. The van der Waals surface area contributed by atoms with E-state index in [1.54, 1.807) is 7.11 Å². The van der Waals surface area contributed by atoms with Gasteiger partial charge >= 0.3 is 0 Å². The lowest BCUT2D eigenvalue weighted by molar-refractivity contribution is 0.402. The highest BCUT2D eigenvalue weighted by Gasteiger charge is 2.29. The summed E-state index contributed by atoms with van der Waals surface area (Å²) in [6.07, 6.45) is 1.53. The van der Waals surface area contributed by atoms with Gasteiger partial charge in [0.2, 0.25) is 5.28 Å². The molecular formula is C9H9ClN4O. The lowest BCUT2D eigenvalue weighted by Gasteiger charge is -2.36. The van der Waals surface area contributed by atoms with Gasteiger partial charge in [0, 0.05) is 13.1 Å². The maximum Gasteiger partial charge on any atom is 0.224 e. The van der Waals surface area contributed by atoms with Crippen molar-refractivity contribution < 1.29 is 4.74 Å². The highest BCUT2D eigenvalue weighted by molar-refractivity contribution is 6.28. The minimum atomic E-state index is 0.0726. The van der Waals surface area contributed by atoms with Gasteiger partial charge in [-0.3, -0.25) is 0 Å². The third-order valence-corrected chi connectivity index (χ3v) is 2.47. The Morgan fingerprint density at radius 1 is 1.67 bits per heavy atom. The van der Waals surface area contributed by atoms with Gasteiger partial charge in [-0.25, -0.2) is 4.98 Å². The molecule has 0 aliphatic carbocycles. The van der Waals surface area contributed by atoms with Crippen molar-refractivity contribution in [3.05, 3.63) is 11.5 Å². The van der Waals surface area contributed by atoms with Crippen LogP contribution in [0.1, 0.15) is 0 Å². The van der Waals surface area contributed by atoms with Crippen LogP contribution in [0, 0.1) is 17.2 Å². The smallest absolute Gasteiger partial charge is 0.224 e. The maximum atomic E-state index is 8.67. The van der Waals surface area contributed by atoms with Crippen molar-refractivity contribution in [2.45, 2.75) is 0 Å². The van der Waals surface area contributed by atoms with E-state index < -0.39 is 0 Å². The number of rotatable bonds is 2. The van der Waals surface area contributed by atoms with Gasteiger partial charge in [0.05, 0.1) is 25.3 Å². The molecule has 1 aliphatic heterocycles. The van der Waals surface area contributed by atoms with Gasteiger partial charge in [-0.15, -0.1) is 0 Å². The molecule has 0 amide bonds. The van der Waals surface area contributed by atoms with Crippen molar-refractivity contribution in [3.8, 4) is 11.8 Å². The van der Waals surface area contributed by atoms with Gasteiger partial charge in [-0.2, -0.15) is 10.2 Å². The number of ether oxygens (including phenoxy) is 1. The lowest BCUT2D eigenvalue weighted by atomic mass is 10.0. The first-order chi connectivity index (χ1) is 7.24. The predicted molar refractivity (Wildman–Crippen MR) is 54.9 cm³/mol. The average molecular weight is 225 g/mol. The summed E-state index contributed by atoms with van der Waals surface area (Å²) in [6.45, 7) is 1.33. The molecule has 0 aromatic carbocycles. The number of anilines is 1. The molecule has 0 N–H and O–H groups in total. The quantitative estimate of drug-likeness (QED) is 0.704. The number of methoxy groups -OCH3 is 1. The van der Waals surface area contributed by atoms with Crippen LogP contribution in [-0.4, -0.2) is 30.2 Å². The van der Waals surface area contributed by atoms with E-state index in [0.29, 0.717) is 24.7 Å².